The van der Waals surface area contributed by atoms with Crippen LogP contribution in [0.2, 0.25) is 0 Å². The third kappa shape index (κ3) is 3.02. The molecule has 1 N–H and O–H groups in total. The van der Waals surface area contributed by atoms with E-state index in [1.807, 2.05) is 41.1 Å². The van der Waals surface area contributed by atoms with Gasteiger partial charge in [-0.25, -0.2) is 0 Å². The van der Waals surface area contributed by atoms with Crippen LogP contribution in [0.4, 0.5) is 5.69 Å². The van der Waals surface area contributed by atoms with Gasteiger partial charge in [-0.15, -0.1) is 0 Å². The van der Waals surface area contributed by atoms with Crippen molar-refractivity contribution in [3.8, 4) is 11.1 Å². The van der Waals surface area contributed by atoms with E-state index >= 15 is 0 Å². The molecule has 2 heterocycles. The van der Waals surface area contributed by atoms with Crippen LogP contribution in [0.5, 0.6) is 0 Å². The first-order valence-electron chi connectivity index (χ1n) is 9.17. The number of carbonyl (C=O) groups excluding carboxylic acids is 2. The van der Waals surface area contributed by atoms with Gasteiger partial charge in [0.05, 0.1) is 12.1 Å². The Bertz CT molecular complexity index is 1220. The number of hydrogen-bond acceptors (Lipinski definition) is 3. The number of carbonyl (C=O) groups is 2. The van der Waals surface area contributed by atoms with Crippen molar-refractivity contribution < 1.29 is 9.59 Å². The molecule has 1 aliphatic heterocycles. The molecule has 136 valence electrons. The second kappa shape index (κ2) is 6.73. The molecule has 4 aromatic rings. The van der Waals surface area contributed by atoms with Crippen LogP contribution in [-0.4, -0.2) is 11.7 Å². The van der Waals surface area contributed by atoms with Crippen LogP contribution in [0, 0.1) is 0 Å². The van der Waals surface area contributed by atoms with E-state index in [1.54, 1.807) is 11.3 Å². The topological polar surface area (TPSA) is 46.2 Å². The lowest BCUT2D eigenvalue weighted by atomic mass is 9.96. The number of benzene rings is 3. The van der Waals surface area contributed by atoms with Crippen molar-refractivity contribution >= 4 is 39.5 Å². The van der Waals surface area contributed by atoms with Crippen LogP contribution in [0.1, 0.15) is 21.5 Å². The van der Waals surface area contributed by atoms with Gasteiger partial charge in [0.1, 0.15) is 0 Å². The average molecular weight is 383 g/mol. The fourth-order valence-corrected chi connectivity index (χ4v) is 4.44. The third-order valence-corrected chi connectivity index (χ3v) is 5.87. The minimum atomic E-state index is 0.0446. The van der Waals surface area contributed by atoms with E-state index in [0.29, 0.717) is 12.8 Å². The van der Waals surface area contributed by atoms with E-state index in [0.717, 1.165) is 44.3 Å². The average Bonchev–Trinajstić information content (AvgIpc) is 3.36. The summed E-state index contributed by atoms with van der Waals surface area (Å²) in [7, 11) is 0. The number of Topliss-reactive ketones (excluding diaryl/α,β-unsaturated/α-hetero) is 1. The van der Waals surface area contributed by atoms with Crippen LogP contribution in [-0.2, 0) is 17.6 Å². The number of nitrogens with one attached hydrogen (secondary N) is 1. The normalized spacial score (nSPS) is 12.8. The highest BCUT2D eigenvalue weighted by atomic mass is 32.1. The number of rotatable bonds is 4. The van der Waals surface area contributed by atoms with Crippen molar-refractivity contribution in [1.29, 1.82) is 0 Å². The van der Waals surface area contributed by atoms with Gasteiger partial charge in [0, 0.05) is 22.9 Å². The lowest BCUT2D eigenvalue weighted by Gasteiger charge is -2.10. The van der Waals surface area contributed by atoms with Gasteiger partial charge in [0.15, 0.2) is 5.78 Å². The number of ketones is 1. The Kier molecular flexibility index (Phi) is 4.06. The summed E-state index contributed by atoms with van der Waals surface area (Å²) in [5, 5.41) is 9.03. The third-order valence-electron chi connectivity index (χ3n) is 5.19. The van der Waals surface area contributed by atoms with Crippen LogP contribution < -0.4 is 5.32 Å². The van der Waals surface area contributed by atoms with Gasteiger partial charge >= 0.3 is 0 Å². The molecule has 3 nitrogen and oxygen atoms in total. The molecule has 0 spiro atoms. The van der Waals surface area contributed by atoms with Crippen molar-refractivity contribution in [1.82, 2.24) is 0 Å². The minimum Gasteiger partial charge on any atom is -0.325 e. The quantitative estimate of drug-likeness (QED) is 0.474. The maximum Gasteiger partial charge on any atom is 0.228 e. The number of hydrogen-bond donors (Lipinski definition) is 1. The number of para-hydroxylation sites is 1. The molecule has 5 rings (SSSR count). The van der Waals surface area contributed by atoms with Crippen molar-refractivity contribution in [2.45, 2.75) is 12.8 Å². The highest BCUT2D eigenvalue weighted by molar-refractivity contribution is 7.08. The fraction of sp³-hybridized carbons (Fsp3) is 0.0833. The maximum atomic E-state index is 12.4. The van der Waals surface area contributed by atoms with Crippen LogP contribution in [0.25, 0.3) is 21.9 Å². The van der Waals surface area contributed by atoms with Gasteiger partial charge in [-0.1, -0.05) is 48.5 Å². The first-order chi connectivity index (χ1) is 13.7. The summed E-state index contributed by atoms with van der Waals surface area (Å²) in [5.74, 6) is 0.191. The summed E-state index contributed by atoms with van der Waals surface area (Å²) in [6.07, 6.45) is 0.852. The van der Waals surface area contributed by atoms with Gasteiger partial charge in [0.2, 0.25) is 5.91 Å². The van der Waals surface area contributed by atoms with Gasteiger partial charge in [-0.05, 0) is 45.0 Å². The van der Waals surface area contributed by atoms with Crippen LogP contribution in [0.15, 0.2) is 71.4 Å². The SMILES string of the molecule is O=C1Cc2cccc(-c3ccc4cc(CC(=O)c5ccsc5)ccc4c3)c2N1. The van der Waals surface area contributed by atoms with Gasteiger partial charge in [0.25, 0.3) is 0 Å². The molecule has 1 aromatic heterocycles. The molecule has 4 heteroatoms. The largest absolute Gasteiger partial charge is 0.325 e. The maximum absolute atomic E-state index is 12.4. The summed E-state index contributed by atoms with van der Waals surface area (Å²) in [6, 6.07) is 20.4. The molecule has 0 atom stereocenters. The highest BCUT2D eigenvalue weighted by Crippen LogP contribution is 2.36. The molecule has 1 aliphatic rings. The molecule has 0 fully saturated rings. The molecule has 0 unspecified atom stereocenters. The summed E-state index contributed by atoms with van der Waals surface area (Å²) in [6.45, 7) is 0. The molecule has 28 heavy (non-hydrogen) atoms. The zero-order valence-electron chi connectivity index (χ0n) is 15.1. The minimum absolute atomic E-state index is 0.0446. The van der Waals surface area contributed by atoms with Crippen molar-refractivity contribution in [2.75, 3.05) is 5.32 Å². The van der Waals surface area contributed by atoms with Crippen LogP contribution in [0.3, 0.4) is 0 Å². The van der Waals surface area contributed by atoms with Gasteiger partial charge in [-0.3, -0.25) is 9.59 Å². The Balaban J connectivity index is 1.48. The van der Waals surface area contributed by atoms with E-state index in [4.69, 9.17) is 0 Å². The standard InChI is InChI=1S/C24H17NO2S/c26-22(20-8-9-28-14-20)11-15-4-5-17-12-18(7-6-16(17)10-15)21-3-1-2-19-13-23(27)25-24(19)21/h1-10,12,14H,11,13H2,(H,25,27). The Hall–Kier alpha value is -3.24. The van der Waals surface area contributed by atoms with Crippen molar-refractivity contribution in [2.24, 2.45) is 0 Å². The number of thiophene rings is 1. The Morgan fingerprint density at radius 2 is 1.86 bits per heavy atom. The Labute approximate surface area is 166 Å². The zero-order valence-corrected chi connectivity index (χ0v) is 15.9. The molecule has 0 bridgehead atoms. The second-order valence-electron chi connectivity index (χ2n) is 7.07. The molecule has 1 amide bonds. The number of fused-ring (bicyclic) bond motifs is 2. The predicted octanol–water partition coefficient (Wildman–Crippen LogP) is 5.49. The number of amides is 1. The lowest BCUT2D eigenvalue weighted by Crippen LogP contribution is -2.04. The van der Waals surface area contributed by atoms with E-state index in [-0.39, 0.29) is 11.7 Å². The smallest absolute Gasteiger partial charge is 0.228 e. The van der Waals surface area contributed by atoms with Crippen LogP contribution >= 0.6 is 11.3 Å². The monoisotopic (exact) mass is 383 g/mol. The van der Waals surface area contributed by atoms with Gasteiger partial charge in [-0.2, -0.15) is 11.3 Å². The first kappa shape index (κ1) is 16.9. The van der Waals surface area contributed by atoms with Gasteiger partial charge < -0.3 is 5.32 Å². The second-order valence-corrected chi connectivity index (χ2v) is 7.85. The molecule has 0 radical (unpaired) electrons. The summed E-state index contributed by atoms with van der Waals surface area (Å²) >= 11 is 1.54. The molecule has 0 saturated carbocycles. The van der Waals surface area contributed by atoms with E-state index in [2.05, 4.69) is 35.6 Å². The highest BCUT2D eigenvalue weighted by Gasteiger charge is 2.20. The fourth-order valence-electron chi connectivity index (χ4n) is 3.78. The first-order valence-corrected chi connectivity index (χ1v) is 10.1. The molecular weight excluding hydrogens is 366 g/mol. The summed E-state index contributed by atoms with van der Waals surface area (Å²) in [4.78, 5) is 24.1. The Morgan fingerprint density at radius 3 is 2.71 bits per heavy atom. The molecule has 0 aliphatic carbocycles. The zero-order chi connectivity index (χ0) is 19.1. The summed E-state index contributed by atoms with van der Waals surface area (Å²) < 4.78 is 0. The summed E-state index contributed by atoms with van der Waals surface area (Å²) in [5.41, 5.74) is 5.88. The molecule has 0 saturated heterocycles. The Morgan fingerprint density at radius 1 is 1.00 bits per heavy atom. The van der Waals surface area contributed by atoms with E-state index in [9.17, 15) is 9.59 Å². The van der Waals surface area contributed by atoms with Crippen molar-refractivity contribution in [3.63, 3.8) is 0 Å². The van der Waals surface area contributed by atoms with E-state index in [1.165, 1.54) is 0 Å². The molecular formula is C24H17NO2S. The number of anilines is 1. The lowest BCUT2D eigenvalue weighted by molar-refractivity contribution is -0.115. The predicted molar refractivity (Wildman–Crippen MR) is 114 cm³/mol. The van der Waals surface area contributed by atoms with E-state index < -0.39 is 0 Å². The van der Waals surface area contributed by atoms with Crippen molar-refractivity contribution in [3.05, 3.63) is 88.1 Å². The molecule has 3 aromatic carbocycles.